The first-order chi connectivity index (χ1) is 12.1. The van der Waals surface area contributed by atoms with Crippen LogP contribution in [0.2, 0.25) is 0 Å². The van der Waals surface area contributed by atoms with Crippen molar-refractivity contribution in [3.63, 3.8) is 0 Å². The number of amides is 1. The largest absolute Gasteiger partial charge is 0.496 e. The lowest BCUT2D eigenvalue weighted by atomic mass is 9.97. The maximum atomic E-state index is 13.2. The van der Waals surface area contributed by atoms with Gasteiger partial charge in [-0.2, -0.15) is 0 Å². The normalized spacial score (nSPS) is 19.4. The molecule has 0 aromatic carbocycles. The number of esters is 1. The number of ether oxygens (including phenoxy) is 2. The number of hydrogen-bond donors (Lipinski definition) is 0. The third kappa shape index (κ3) is 3.27. The Balaban J connectivity index is 1.89. The van der Waals surface area contributed by atoms with E-state index < -0.39 is 0 Å². The molecular weight excluding hydrogens is 324 g/mol. The summed E-state index contributed by atoms with van der Waals surface area (Å²) < 4.78 is 12.1. The lowest BCUT2D eigenvalue weighted by molar-refractivity contribution is -0.149. The van der Waals surface area contributed by atoms with E-state index in [1.165, 1.54) is 13.2 Å². The van der Waals surface area contributed by atoms with Gasteiger partial charge < -0.3 is 18.9 Å². The van der Waals surface area contributed by atoms with Crippen LogP contribution in [0.3, 0.4) is 0 Å². The Morgan fingerprint density at radius 1 is 1.28 bits per heavy atom. The highest BCUT2D eigenvalue weighted by atomic mass is 16.5. The van der Waals surface area contributed by atoms with Crippen LogP contribution in [0.5, 0.6) is 5.75 Å². The minimum atomic E-state index is -0.289. The number of carbonyl (C=O) groups excluding carboxylic acids is 2. The average Bonchev–Trinajstić information content (AvgIpc) is 3.11. The molecule has 0 aliphatic carbocycles. The second-order valence-electron chi connectivity index (χ2n) is 6.47. The lowest BCUT2D eigenvalue weighted by Crippen LogP contribution is -2.43. The van der Waals surface area contributed by atoms with Gasteiger partial charge in [0.05, 0.1) is 19.6 Å². The molecule has 136 valence electrons. The van der Waals surface area contributed by atoms with Gasteiger partial charge in [-0.15, -0.1) is 0 Å². The Morgan fingerprint density at radius 2 is 2.08 bits per heavy atom. The Hall–Kier alpha value is -2.31. The summed E-state index contributed by atoms with van der Waals surface area (Å²) in [6.07, 6.45) is 3.01. The predicted molar refractivity (Wildman–Crippen MR) is 90.8 cm³/mol. The van der Waals surface area contributed by atoms with Crippen LogP contribution in [0.15, 0.2) is 10.9 Å². The first kappa shape index (κ1) is 17.5. The van der Waals surface area contributed by atoms with Crippen molar-refractivity contribution in [3.05, 3.63) is 27.7 Å². The molecule has 0 radical (unpaired) electrons. The minimum absolute atomic E-state index is 0.135. The van der Waals surface area contributed by atoms with Gasteiger partial charge in [-0.3, -0.25) is 14.4 Å². The molecular formula is C18H24N2O5. The van der Waals surface area contributed by atoms with Gasteiger partial charge in [0.1, 0.15) is 11.3 Å². The molecule has 7 nitrogen and oxygen atoms in total. The number of aromatic nitrogens is 1. The second kappa shape index (κ2) is 7.29. The molecule has 2 aliphatic heterocycles. The number of piperidine rings is 1. The van der Waals surface area contributed by atoms with Gasteiger partial charge in [-0.05, 0) is 32.6 Å². The maximum Gasteiger partial charge on any atom is 0.310 e. The summed E-state index contributed by atoms with van der Waals surface area (Å²) in [7, 11) is 1.47. The van der Waals surface area contributed by atoms with Gasteiger partial charge in [0.2, 0.25) is 0 Å². The fraction of sp³-hybridized carbons (Fsp3) is 0.611. The molecule has 0 bridgehead atoms. The zero-order valence-corrected chi connectivity index (χ0v) is 14.7. The number of nitrogens with zero attached hydrogens (tertiary/aromatic N) is 2. The van der Waals surface area contributed by atoms with Gasteiger partial charge in [0.25, 0.3) is 11.5 Å². The van der Waals surface area contributed by atoms with Gasteiger partial charge >= 0.3 is 5.97 Å². The summed E-state index contributed by atoms with van der Waals surface area (Å²) in [4.78, 5) is 39.0. The molecule has 1 atom stereocenters. The summed E-state index contributed by atoms with van der Waals surface area (Å²) in [5, 5.41) is 0. The zero-order valence-electron chi connectivity index (χ0n) is 14.7. The summed E-state index contributed by atoms with van der Waals surface area (Å²) in [6, 6.07) is 1.38. The molecule has 1 saturated heterocycles. The maximum absolute atomic E-state index is 13.2. The molecule has 0 N–H and O–H groups in total. The fourth-order valence-electron chi connectivity index (χ4n) is 3.74. The molecule has 0 saturated carbocycles. The SMILES string of the molecule is CCOC(=O)[C@H]1CCCN(C(=O)c2c(OC)cc(=O)n3c2CCC3)C1. The van der Waals surface area contributed by atoms with Gasteiger partial charge in [0.15, 0.2) is 0 Å². The van der Waals surface area contributed by atoms with Crippen LogP contribution in [0.4, 0.5) is 0 Å². The molecule has 2 aliphatic rings. The number of hydrogen-bond acceptors (Lipinski definition) is 5. The Bertz CT molecular complexity index is 740. The summed E-state index contributed by atoms with van der Waals surface area (Å²) in [6.45, 7) is 3.69. The summed E-state index contributed by atoms with van der Waals surface area (Å²) >= 11 is 0. The van der Waals surface area contributed by atoms with Crippen molar-refractivity contribution in [2.75, 3.05) is 26.8 Å². The number of rotatable bonds is 4. The van der Waals surface area contributed by atoms with Crippen LogP contribution >= 0.6 is 0 Å². The molecule has 1 fully saturated rings. The van der Waals surface area contributed by atoms with E-state index in [1.807, 2.05) is 0 Å². The van der Waals surface area contributed by atoms with Crippen molar-refractivity contribution in [1.82, 2.24) is 9.47 Å². The summed E-state index contributed by atoms with van der Waals surface area (Å²) in [5.74, 6) is -0.387. The number of methoxy groups -OCH3 is 1. The Kier molecular flexibility index (Phi) is 5.11. The van der Waals surface area contributed by atoms with E-state index in [1.54, 1.807) is 16.4 Å². The van der Waals surface area contributed by atoms with E-state index in [4.69, 9.17) is 9.47 Å². The minimum Gasteiger partial charge on any atom is -0.496 e. The Morgan fingerprint density at radius 3 is 2.80 bits per heavy atom. The molecule has 3 rings (SSSR count). The third-order valence-corrected chi connectivity index (χ3v) is 4.94. The molecule has 0 spiro atoms. The quantitative estimate of drug-likeness (QED) is 0.765. The van der Waals surface area contributed by atoms with Crippen LogP contribution in [0, 0.1) is 5.92 Å². The predicted octanol–water partition coefficient (Wildman–Crippen LogP) is 1.22. The molecule has 25 heavy (non-hydrogen) atoms. The van der Waals surface area contributed by atoms with Crippen molar-refractivity contribution in [1.29, 1.82) is 0 Å². The number of fused-ring (bicyclic) bond motifs is 1. The second-order valence-corrected chi connectivity index (χ2v) is 6.47. The van der Waals surface area contributed by atoms with E-state index in [9.17, 15) is 14.4 Å². The molecule has 3 heterocycles. The average molecular weight is 348 g/mol. The van der Waals surface area contributed by atoms with Crippen molar-refractivity contribution in [3.8, 4) is 5.75 Å². The van der Waals surface area contributed by atoms with E-state index in [0.29, 0.717) is 44.0 Å². The number of pyridine rings is 1. The smallest absolute Gasteiger partial charge is 0.310 e. The Labute approximate surface area is 146 Å². The van der Waals surface area contributed by atoms with Gasteiger partial charge in [0, 0.05) is 31.4 Å². The zero-order chi connectivity index (χ0) is 18.0. The van der Waals surface area contributed by atoms with E-state index in [0.717, 1.165) is 25.0 Å². The first-order valence-electron chi connectivity index (χ1n) is 8.83. The van der Waals surface area contributed by atoms with Crippen molar-refractivity contribution in [2.24, 2.45) is 5.92 Å². The molecule has 7 heteroatoms. The van der Waals surface area contributed by atoms with Crippen LogP contribution in [0.1, 0.15) is 42.2 Å². The van der Waals surface area contributed by atoms with Crippen LogP contribution < -0.4 is 10.3 Å². The lowest BCUT2D eigenvalue weighted by Gasteiger charge is -2.32. The van der Waals surface area contributed by atoms with Crippen LogP contribution in [-0.2, 0) is 22.5 Å². The standard InChI is InChI=1S/C18H24N2O5/c1-3-25-18(23)12-6-4-8-19(11-12)17(22)16-13-7-5-9-20(13)15(21)10-14(16)24-2/h10,12H,3-9,11H2,1-2H3/t12-/m0/s1. The van der Waals surface area contributed by atoms with E-state index in [-0.39, 0.29) is 23.4 Å². The van der Waals surface area contributed by atoms with Crippen LogP contribution in [-0.4, -0.2) is 48.1 Å². The number of carbonyl (C=O) groups is 2. The highest BCUT2D eigenvalue weighted by molar-refractivity contribution is 5.98. The molecule has 1 amide bonds. The van der Waals surface area contributed by atoms with Crippen molar-refractivity contribution in [2.45, 2.75) is 39.2 Å². The van der Waals surface area contributed by atoms with Gasteiger partial charge in [-0.1, -0.05) is 0 Å². The van der Waals surface area contributed by atoms with Crippen molar-refractivity contribution >= 4 is 11.9 Å². The molecule has 1 aromatic heterocycles. The van der Waals surface area contributed by atoms with Crippen molar-refractivity contribution < 1.29 is 19.1 Å². The molecule has 1 aromatic rings. The summed E-state index contributed by atoms with van der Waals surface area (Å²) in [5.41, 5.74) is 1.07. The first-order valence-corrected chi connectivity index (χ1v) is 8.83. The molecule has 0 unspecified atom stereocenters. The van der Waals surface area contributed by atoms with Crippen LogP contribution in [0.25, 0.3) is 0 Å². The monoisotopic (exact) mass is 348 g/mol. The third-order valence-electron chi connectivity index (χ3n) is 4.94. The fourth-order valence-corrected chi connectivity index (χ4v) is 3.74. The topological polar surface area (TPSA) is 77.8 Å². The van der Waals surface area contributed by atoms with Gasteiger partial charge in [-0.25, -0.2) is 0 Å². The highest BCUT2D eigenvalue weighted by Gasteiger charge is 2.33. The number of likely N-dealkylation sites (tertiary alicyclic amines) is 1. The van der Waals surface area contributed by atoms with E-state index in [2.05, 4.69) is 0 Å². The van der Waals surface area contributed by atoms with E-state index >= 15 is 0 Å². The highest BCUT2D eigenvalue weighted by Crippen LogP contribution is 2.28.